The summed E-state index contributed by atoms with van der Waals surface area (Å²) in [6.07, 6.45) is 4.44. The first kappa shape index (κ1) is 15.2. The number of likely N-dealkylation sites (N-methyl/N-ethyl adjacent to an activating group) is 1. The van der Waals surface area contributed by atoms with E-state index >= 15 is 0 Å². The molecular weight excluding hydrogens is 306 g/mol. The van der Waals surface area contributed by atoms with Crippen molar-refractivity contribution in [3.63, 3.8) is 0 Å². The lowest BCUT2D eigenvalue weighted by atomic mass is 9.94. The molecule has 0 amide bonds. The summed E-state index contributed by atoms with van der Waals surface area (Å²) < 4.78 is 2.64. The first-order valence-electron chi connectivity index (χ1n) is 9.36. The van der Waals surface area contributed by atoms with Crippen molar-refractivity contribution >= 4 is 10.9 Å². The number of aryl methyl sites for hydroxylation is 2. The summed E-state index contributed by atoms with van der Waals surface area (Å²) in [5.74, 6) is 0.626. The maximum atomic E-state index is 4.57. The van der Waals surface area contributed by atoms with Crippen molar-refractivity contribution in [3.8, 4) is 0 Å². The van der Waals surface area contributed by atoms with Gasteiger partial charge in [0.05, 0.1) is 6.04 Å². The minimum atomic E-state index is 0.415. The van der Waals surface area contributed by atoms with E-state index in [0.29, 0.717) is 12.0 Å². The Morgan fingerprint density at radius 2 is 2.00 bits per heavy atom. The standard InChI is InChI=1S/C22H25N3/c1-14-4-7-20-19(10-14)18-8-9-24(3)13-17-11-21(25(20)22(17)18)16-6-5-15(2)23-12-16/h4-7,10,12,17,21H,8-9,11,13H2,1-3H3. The molecule has 0 bridgehead atoms. The fraction of sp³-hybridized carbons (Fsp3) is 0.409. The molecule has 0 aliphatic carbocycles. The molecule has 0 radical (unpaired) electrons. The Morgan fingerprint density at radius 3 is 2.80 bits per heavy atom. The molecule has 2 aromatic heterocycles. The van der Waals surface area contributed by atoms with Gasteiger partial charge in [0.25, 0.3) is 0 Å². The van der Waals surface area contributed by atoms with Crippen LogP contribution in [0.1, 0.15) is 46.5 Å². The Hall–Kier alpha value is -2.13. The van der Waals surface area contributed by atoms with Crippen LogP contribution in [0.25, 0.3) is 10.9 Å². The lowest BCUT2D eigenvalue weighted by Gasteiger charge is -2.18. The predicted octanol–water partition coefficient (Wildman–Crippen LogP) is 4.22. The van der Waals surface area contributed by atoms with E-state index in [4.69, 9.17) is 0 Å². The van der Waals surface area contributed by atoms with Crippen molar-refractivity contribution in [2.45, 2.75) is 38.6 Å². The van der Waals surface area contributed by atoms with Crippen LogP contribution in [-0.4, -0.2) is 34.6 Å². The summed E-state index contributed by atoms with van der Waals surface area (Å²) in [4.78, 5) is 7.08. The smallest absolute Gasteiger partial charge is 0.0610 e. The maximum Gasteiger partial charge on any atom is 0.0610 e. The van der Waals surface area contributed by atoms with Crippen molar-refractivity contribution in [1.29, 1.82) is 0 Å². The van der Waals surface area contributed by atoms with E-state index in [-0.39, 0.29) is 0 Å². The minimum absolute atomic E-state index is 0.415. The minimum Gasteiger partial charge on any atom is -0.336 e. The molecule has 3 nitrogen and oxygen atoms in total. The van der Waals surface area contributed by atoms with Crippen LogP contribution in [0.5, 0.6) is 0 Å². The Kier molecular flexibility index (Phi) is 3.29. The van der Waals surface area contributed by atoms with E-state index in [2.05, 4.69) is 71.9 Å². The molecular formula is C22H25N3. The normalized spacial score (nSPS) is 23.0. The van der Waals surface area contributed by atoms with Gasteiger partial charge in [-0.2, -0.15) is 0 Å². The van der Waals surface area contributed by atoms with E-state index in [1.54, 1.807) is 11.3 Å². The molecule has 1 aromatic carbocycles. The molecule has 2 unspecified atom stereocenters. The molecule has 0 spiro atoms. The highest BCUT2D eigenvalue weighted by Crippen LogP contribution is 2.47. The van der Waals surface area contributed by atoms with Gasteiger partial charge in [-0.3, -0.25) is 4.98 Å². The molecule has 0 saturated heterocycles. The number of aromatic nitrogens is 2. The molecule has 2 aliphatic rings. The van der Waals surface area contributed by atoms with Gasteiger partial charge in [0.2, 0.25) is 0 Å². The molecule has 3 aromatic rings. The molecule has 2 aliphatic heterocycles. The number of nitrogens with zero attached hydrogens (tertiary/aromatic N) is 3. The molecule has 0 N–H and O–H groups in total. The number of fused-ring (bicyclic) bond motifs is 3. The Morgan fingerprint density at radius 1 is 1.12 bits per heavy atom. The van der Waals surface area contributed by atoms with E-state index in [9.17, 15) is 0 Å². The van der Waals surface area contributed by atoms with Gasteiger partial charge in [-0.25, -0.2) is 0 Å². The van der Waals surface area contributed by atoms with Gasteiger partial charge in [-0.05, 0) is 63.1 Å². The van der Waals surface area contributed by atoms with Crippen LogP contribution in [0.15, 0.2) is 36.5 Å². The highest BCUT2D eigenvalue weighted by atomic mass is 15.1. The van der Waals surface area contributed by atoms with Crippen LogP contribution in [-0.2, 0) is 6.42 Å². The number of hydrogen-bond donors (Lipinski definition) is 0. The summed E-state index contributed by atoms with van der Waals surface area (Å²) in [5.41, 5.74) is 8.39. The predicted molar refractivity (Wildman–Crippen MR) is 102 cm³/mol. The second kappa shape index (κ2) is 5.43. The lowest BCUT2D eigenvalue weighted by Crippen LogP contribution is -2.23. The van der Waals surface area contributed by atoms with Crippen molar-refractivity contribution in [2.75, 3.05) is 20.1 Å². The highest BCUT2D eigenvalue weighted by Gasteiger charge is 2.38. The molecule has 0 fully saturated rings. The van der Waals surface area contributed by atoms with Crippen molar-refractivity contribution in [2.24, 2.45) is 0 Å². The number of rotatable bonds is 1. The molecule has 4 heterocycles. The second-order valence-corrected chi connectivity index (χ2v) is 7.95. The molecule has 5 rings (SSSR count). The topological polar surface area (TPSA) is 21.1 Å². The van der Waals surface area contributed by atoms with Gasteiger partial charge in [0.1, 0.15) is 0 Å². The lowest BCUT2D eigenvalue weighted by molar-refractivity contribution is 0.321. The summed E-state index contributed by atoms with van der Waals surface area (Å²) in [6.45, 7) is 6.59. The first-order chi connectivity index (χ1) is 12.1. The van der Waals surface area contributed by atoms with E-state index in [0.717, 1.165) is 25.2 Å². The Balaban J connectivity index is 1.76. The average Bonchev–Trinajstić information content (AvgIpc) is 3.04. The molecule has 25 heavy (non-hydrogen) atoms. The third-order valence-corrected chi connectivity index (χ3v) is 6.11. The fourth-order valence-corrected chi connectivity index (χ4v) is 4.94. The third-order valence-electron chi connectivity index (χ3n) is 6.11. The van der Waals surface area contributed by atoms with Crippen molar-refractivity contribution < 1.29 is 0 Å². The molecule has 2 atom stereocenters. The van der Waals surface area contributed by atoms with Crippen molar-refractivity contribution in [1.82, 2.24) is 14.5 Å². The van der Waals surface area contributed by atoms with Crippen LogP contribution >= 0.6 is 0 Å². The molecule has 3 heteroatoms. The van der Waals surface area contributed by atoms with E-state index in [1.807, 2.05) is 0 Å². The second-order valence-electron chi connectivity index (χ2n) is 7.95. The zero-order valence-corrected chi connectivity index (χ0v) is 15.3. The average molecular weight is 331 g/mol. The van der Waals surface area contributed by atoms with Gasteiger partial charge >= 0.3 is 0 Å². The quantitative estimate of drug-likeness (QED) is 0.666. The third kappa shape index (κ3) is 2.26. The van der Waals surface area contributed by atoms with Crippen molar-refractivity contribution in [3.05, 3.63) is 64.6 Å². The SMILES string of the molecule is Cc1ccc2c(c1)c1c3n2C(c2ccc(C)nc2)CC3CN(C)CC1. The van der Waals surface area contributed by atoms with Gasteiger partial charge < -0.3 is 9.47 Å². The summed E-state index contributed by atoms with van der Waals surface area (Å²) in [7, 11) is 2.27. The Bertz CT molecular complexity index is 952. The van der Waals surface area contributed by atoms with Crippen LogP contribution in [0, 0.1) is 13.8 Å². The molecule has 128 valence electrons. The molecule has 0 saturated carbocycles. The summed E-state index contributed by atoms with van der Waals surface area (Å²) in [5, 5.41) is 1.47. The number of pyridine rings is 1. The van der Waals surface area contributed by atoms with Gasteiger partial charge in [-0.15, -0.1) is 0 Å². The zero-order chi connectivity index (χ0) is 17.1. The number of benzene rings is 1. The van der Waals surface area contributed by atoms with Gasteiger partial charge in [-0.1, -0.05) is 17.7 Å². The first-order valence-corrected chi connectivity index (χ1v) is 9.36. The number of hydrogen-bond acceptors (Lipinski definition) is 2. The van der Waals surface area contributed by atoms with Gasteiger partial charge in [0, 0.05) is 47.5 Å². The summed E-state index contributed by atoms with van der Waals surface area (Å²) in [6, 6.07) is 11.8. The summed E-state index contributed by atoms with van der Waals surface area (Å²) >= 11 is 0. The van der Waals surface area contributed by atoms with Crippen LogP contribution < -0.4 is 0 Å². The fourth-order valence-electron chi connectivity index (χ4n) is 4.94. The largest absolute Gasteiger partial charge is 0.336 e. The van der Waals surface area contributed by atoms with Gasteiger partial charge in [0.15, 0.2) is 0 Å². The van der Waals surface area contributed by atoms with Crippen LogP contribution in [0.2, 0.25) is 0 Å². The highest BCUT2D eigenvalue weighted by molar-refractivity contribution is 5.87. The Labute approximate surface area is 149 Å². The van der Waals surface area contributed by atoms with E-state index in [1.165, 1.54) is 28.5 Å². The zero-order valence-electron chi connectivity index (χ0n) is 15.3. The van der Waals surface area contributed by atoms with Crippen LogP contribution in [0.4, 0.5) is 0 Å². The monoisotopic (exact) mass is 331 g/mol. The van der Waals surface area contributed by atoms with E-state index < -0.39 is 0 Å². The van der Waals surface area contributed by atoms with Crippen LogP contribution in [0.3, 0.4) is 0 Å². The maximum absolute atomic E-state index is 4.57.